The molecule has 2 amide bonds. The van der Waals surface area contributed by atoms with E-state index in [2.05, 4.69) is 36.6 Å². The molecule has 3 heterocycles. The topological polar surface area (TPSA) is 107 Å². The second-order valence-electron chi connectivity index (χ2n) is 7.74. The molecule has 1 aliphatic rings. The van der Waals surface area contributed by atoms with E-state index >= 15 is 0 Å². The maximum atomic E-state index is 13.5. The number of carbonyl (C=O) groups excluding carboxylic acids is 2. The number of pyridine rings is 1. The molecule has 1 unspecified atom stereocenters. The van der Waals surface area contributed by atoms with E-state index in [0.717, 1.165) is 0 Å². The number of ether oxygens (including phenoxy) is 1. The Labute approximate surface area is 224 Å². The van der Waals surface area contributed by atoms with Crippen LogP contribution in [0.5, 0.6) is 5.88 Å². The van der Waals surface area contributed by atoms with Gasteiger partial charge in [0.1, 0.15) is 5.69 Å². The average molecular weight is 601 g/mol. The molecule has 0 spiro atoms. The van der Waals surface area contributed by atoms with Gasteiger partial charge < -0.3 is 19.6 Å². The number of nitrogens with zero attached hydrogens (tertiary/aromatic N) is 3. The van der Waals surface area contributed by atoms with Crippen molar-refractivity contribution in [2.75, 3.05) is 11.9 Å². The van der Waals surface area contributed by atoms with E-state index in [1.54, 1.807) is 18.2 Å². The summed E-state index contributed by atoms with van der Waals surface area (Å²) in [5.74, 6) is -0.502. The van der Waals surface area contributed by atoms with Crippen molar-refractivity contribution in [2.24, 2.45) is 0 Å². The summed E-state index contributed by atoms with van der Waals surface area (Å²) in [6, 6.07) is 7.74. The molecule has 1 fully saturated rings. The highest BCUT2D eigenvalue weighted by Gasteiger charge is 2.26. The fourth-order valence-electron chi connectivity index (χ4n) is 3.20. The summed E-state index contributed by atoms with van der Waals surface area (Å²) in [5.41, 5.74) is 0.288. The van der Waals surface area contributed by atoms with E-state index < -0.39 is 5.91 Å². The predicted molar refractivity (Wildman–Crippen MR) is 139 cm³/mol. The molecule has 184 valence electrons. The number of rotatable bonds is 7. The number of aromatic nitrogens is 3. The minimum atomic E-state index is -0.564. The van der Waals surface area contributed by atoms with Crippen LogP contribution in [0.25, 0.3) is 5.82 Å². The van der Waals surface area contributed by atoms with Crippen molar-refractivity contribution < 1.29 is 18.5 Å². The lowest BCUT2D eigenvalue weighted by Gasteiger charge is -2.15. The molecular formula is C22H20BrCl2N5O4S. The molecule has 0 radical (unpaired) electrons. The van der Waals surface area contributed by atoms with Crippen LogP contribution >= 0.6 is 51.2 Å². The van der Waals surface area contributed by atoms with Crippen molar-refractivity contribution in [1.29, 1.82) is 0 Å². The molecule has 4 rings (SSSR count). The zero-order valence-electron chi connectivity index (χ0n) is 18.5. The Kier molecular flexibility index (Phi) is 8.23. The Morgan fingerprint density at radius 1 is 1.29 bits per heavy atom. The van der Waals surface area contributed by atoms with Gasteiger partial charge in [0.15, 0.2) is 11.3 Å². The number of benzene rings is 1. The number of nitrogens with one attached hydrogen (secondary N) is 2. The summed E-state index contributed by atoms with van der Waals surface area (Å²) >= 11 is 17.1. The van der Waals surface area contributed by atoms with Gasteiger partial charge in [-0.2, -0.15) is 0 Å². The largest absolute Gasteiger partial charge is 0.460 e. The molecule has 1 saturated heterocycles. The first kappa shape index (κ1) is 25.8. The maximum Gasteiger partial charge on any atom is 0.274 e. The molecule has 9 nitrogen and oxygen atoms in total. The first-order valence-corrected chi connectivity index (χ1v) is 12.9. The zero-order valence-corrected chi connectivity index (χ0v) is 22.5. The van der Waals surface area contributed by atoms with Gasteiger partial charge in [0.05, 0.1) is 22.9 Å². The van der Waals surface area contributed by atoms with Gasteiger partial charge in [-0.25, -0.2) is 9.67 Å². The number of halogens is 3. The van der Waals surface area contributed by atoms with Gasteiger partial charge in [-0.1, -0.05) is 23.2 Å². The van der Waals surface area contributed by atoms with Gasteiger partial charge in [-0.3, -0.25) is 9.59 Å². The van der Waals surface area contributed by atoms with Gasteiger partial charge in [0, 0.05) is 46.3 Å². The fraction of sp³-hybridized carbons (Fsp3) is 0.273. The third-order valence-corrected chi connectivity index (χ3v) is 6.67. The minimum Gasteiger partial charge on any atom is -0.460 e. The Hall–Kier alpha value is -2.31. The van der Waals surface area contributed by atoms with Gasteiger partial charge in [0.25, 0.3) is 11.8 Å². The Morgan fingerprint density at radius 2 is 2.09 bits per heavy atom. The Morgan fingerprint density at radius 3 is 2.77 bits per heavy atom. The number of amides is 2. The molecule has 1 aromatic carbocycles. The number of hydrogen-bond donors (Lipinski definition) is 2. The quantitative estimate of drug-likeness (QED) is 0.345. The van der Waals surface area contributed by atoms with Crippen molar-refractivity contribution >= 4 is 68.7 Å². The van der Waals surface area contributed by atoms with E-state index in [-0.39, 0.29) is 46.0 Å². The van der Waals surface area contributed by atoms with E-state index in [4.69, 9.17) is 32.1 Å². The normalized spacial score (nSPS) is 15.3. The Balaban J connectivity index is 1.72. The molecule has 35 heavy (non-hydrogen) atoms. The van der Waals surface area contributed by atoms with Crippen LogP contribution in [0.4, 0.5) is 5.69 Å². The lowest BCUT2D eigenvalue weighted by atomic mass is 10.1. The van der Waals surface area contributed by atoms with Crippen LogP contribution < -0.4 is 15.4 Å². The van der Waals surface area contributed by atoms with Crippen LogP contribution in [-0.4, -0.2) is 44.7 Å². The number of anilines is 1. The second-order valence-corrected chi connectivity index (χ2v) is 10.4. The molecule has 1 aliphatic heterocycles. The van der Waals surface area contributed by atoms with E-state index in [1.807, 2.05) is 13.8 Å². The van der Waals surface area contributed by atoms with E-state index in [0.29, 0.717) is 27.5 Å². The van der Waals surface area contributed by atoms with Gasteiger partial charge in [-0.05, 0) is 54.0 Å². The van der Waals surface area contributed by atoms with Crippen LogP contribution in [0.3, 0.4) is 0 Å². The van der Waals surface area contributed by atoms with Crippen LogP contribution in [0.1, 0.15) is 41.1 Å². The first-order chi connectivity index (χ1) is 16.7. The fourth-order valence-corrected chi connectivity index (χ4v) is 4.99. The monoisotopic (exact) mass is 599 g/mol. The Bertz CT molecular complexity index is 1270. The highest BCUT2D eigenvalue weighted by molar-refractivity contribution is 9.10. The second kappa shape index (κ2) is 11.2. The number of hydrogen-bond acceptors (Lipinski definition) is 7. The summed E-state index contributed by atoms with van der Waals surface area (Å²) < 4.78 is 12.9. The van der Waals surface area contributed by atoms with Gasteiger partial charge in [-0.15, -0.1) is 5.10 Å². The lowest BCUT2D eigenvalue weighted by molar-refractivity contribution is 0.0944. The molecule has 0 aliphatic carbocycles. The van der Waals surface area contributed by atoms with Crippen LogP contribution in [0.2, 0.25) is 10.0 Å². The molecule has 0 bridgehead atoms. The molecule has 3 aromatic rings. The van der Waals surface area contributed by atoms with Crippen LogP contribution in [-0.2, 0) is 4.18 Å². The van der Waals surface area contributed by atoms with Crippen molar-refractivity contribution in [3.8, 4) is 11.7 Å². The number of carbonyl (C=O) groups is 2. The summed E-state index contributed by atoms with van der Waals surface area (Å²) in [4.78, 5) is 30.6. The van der Waals surface area contributed by atoms with Gasteiger partial charge >= 0.3 is 0 Å². The standard InChI is InChI=1S/C22H20BrCl2N5O4S/c1-11(2)27-21(31)13-8-12(24)9-14(23)19(13)28-22(32)16-10-17(34-18-5-7-33-35-18)29-30(16)20-15(25)4-3-6-26-20/h3-4,6,8-11,18H,5,7H2,1-2H3,(H,27,31)(H,28,32). The van der Waals surface area contributed by atoms with E-state index in [9.17, 15) is 9.59 Å². The smallest absolute Gasteiger partial charge is 0.274 e. The van der Waals surface area contributed by atoms with Crippen LogP contribution in [0.15, 0.2) is 41.0 Å². The van der Waals surface area contributed by atoms with Crippen LogP contribution in [0, 0.1) is 0 Å². The molecule has 13 heteroatoms. The summed E-state index contributed by atoms with van der Waals surface area (Å²) in [6.45, 7) is 4.22. The average Bonchev–Trinajstić information content (AvgIpc) is 3.45. The first-order valence-electron chi connectivity index (χ1n) is 10.5. The minimum absolute atomic E-state index is 0.0987. The van der Waals surface area contributed by atoms with E-state index in [1.165, 1.54) is 35.1 Å². The third-order valence-electron chi connectivity index (χ3n) is 4.68. The summed E-state index contributed by atoms with van der Waals surface area (Å²) in [5, 5.41) is 10.6. The molecule has 2 N–H and O–H groups in total. The molecule has 1 atom stereocenters. The summed E-state index contributed by atoms with van der Waals surface area (Å²) in [6.07, 6.45) is 2.21. The predicted octanol–water partition coefficient (Wildman–Crippen LogP) is 5.50. The SMILES string of the molecule is CC(C)NC(=O)c1cc(Cl)cc(Br)c1NC(=O)c1cc(OC2CCOS2)nn1-c1ncccc1Cl. The molecule has 0 saturated carbocycles. The third kappa shape index (κ3) is 6.10. The molecular weight excluding hydrogens is 581 g/mol. The van der Waals surface area contributed by atoms with Crippen molar-refractivity contribution in [3.63, 3.8) is 0 Å². The maximum absolute atomic E-state index is 13.5. The highest BCUT2D eigenvalue weighted by Crippen LogP contribution is 2.33. The molecule has 2 aromatic heterocycles. The van der Waals surface area contributed by atoms with Crippen molar-refractivity contribution in [1.82, 2.24) is 20.1 Å². The summed E-state index contributed by atoms with van der Waals surface area (Å²) in [7, 11) is 0. The van der Waals surface area contributed by atoms with Crippen molar-refractivity contribution in [2.45, 2.75) is 31.7 Å². The highest BCUT2D eigenvalue weighted by atomic mass is 79.9. The van der Waals surface area contributed by atoms with Gasteiger partial charge in [0.2, 0.25) is 5.88 Å². The van der Waals surface area contributed by atoms with Crippen molar-refractivity contribution in [3.05, 3.63) is 62.3 Å². The lowest BCUT2D eigenvalue weighted by Crippen LogP contribution is -2.31. The zero-order chi connectivity index (χ0) is 25.1.